The number of hydrogen-bond acceptors (Lipinski definition) is 5. The predicted molar refractivity (Wildman–Crippen MR) is 109 cm³/mol. The summed E-state index contributed by atoms with van der Waals surface area (Å²) in [5.41, 5.74) is 3.92. The van der Waals surface area contributed by atoms with Crippen molar-refractivity contribution >= 4 is 16.9 Å². The Morgan fingerprint density at radius 1 is 1.18 bits per heavy atom. The molecule has 28 heavy (non-hydrogen) atoms. The molecule has 0 radical (unpaired) electrons. The van der Waals surface area contributed by atoms with E-state index in [2.05, 4.69) is 27.1 Å². The lowest BCUT2D eigenvalue weighted by atomic mass is 10.1. The Labute approximate surface area is 164 Å². The number of rotatable bonds is 5. The molecular formula is C22H24N4O2. The Hall–Kier alpha value is -2.83. The summed E-state index contributed by atoms with van der Waals surface area (Å²) < 4.78 is 5.55. The third kappa shape index (κ3) is 3.74. The maximum absolute atomic E-state index is 12.8. The topological polar surface area (TPSA) is 67.4 Å². The van der Waals surface area contributed by atoms with Crippen molar-refractivity contribution in [3.05, 3.63) is 60.3 Å². The van der Waals surface area contributed by atoms with E-state index in [4.69, 9.17) is 4.74 Å². The van der Waals surface area contributed by atoms with Crippen LogP contribution in [0, 0.1) is 0 Å². The van der Waals surface area contributed by atoms with Gasteiger partial charge in [0.1, 0.15) is 0 Å². The van der Waals surface area contributed by atoms with Crippen LogP contribution in [0.25, 0.3) is 22.3 Å². The minimum Gasteiger partial charge on any atom is -0.378 e. The van der Waals surface area contributed by atoms with Crippen LogP contribution >= 0.6 is 0 Å². The molecule has 1 N–H and O–H groups in total. The molecule has 2 unspecified atom stereocenters. The van der Waals surface area contributed by atoms with Gasteiger partial charge in [-0.15, -0.1) is 0 Å². The molecule has 2 heterocycles. The van der Waals surface area contributed by atoms with Gasteiger partial charge in [-0.2, -0.15) is 0 Å². The first-order chi connectivity index (χ1) is 13.7. The van der Waals surface area contributed by atoms with Crippen LogP contribution in [0.2, 0.25) is 0 Å². The number of methoxy groups -OCH3 is 1. The van der Waals surface area contributed by atoms with E-state index < -0.39 is 0 Å². The Bertz CT molecular complexity index is 991. The van der Waals surface area contributed by atoms with Crippen LogP contribution in [-0.2, 0) is 4.74 Å². The Morgan fingerprint density at radius 3 is 2.79 bits per heavy atom. The van der Waals surface area contributed by atoms with Crippen LogP contribution in [0.3, 0.4) is 0 Å². The number of benzene rings is 2. The van der Waals surface area contributed by atoms with Gasteiger partial charge in [-0.05, 0) is 30.8 Å². The van der Waals surface area contributed by atoms with E-state index in [0.29, 0.717) is 5.56 Å². The van der Waals surface area contributed by atoms with Crippen molar-refractivity contribution < 1.29 is 9.53 Å². The number of hydrogen-bond donors (Lipinski definition) is 1. The van der Waals surface area contributed by atoms with E-state index in [1.54, 1.807) is 13.3 Å². The maximum atomic E-state index is 12.8. The molecule has 0 bridgehead atoms. The van der Waals surface area contributed by atoms with Gasteiger partial charge in [-0.1, -0.05) is 31.2 Å². The lowest BCUT2D eigenvalue weighted by Crippen LogP contribution is -2.43. The quantitative estimate of drug-likeness (QED) is 0.742. The summed E-state index contributed by atoms with van der Waals surface area (Å²) in [5.74, 6) is -0.0967. The summed E-state index contributed by atoms with van der Waals surface area (Å²) in [5, 5.41) is 3.13. The fraction of sp³-hybridized carbons (Fsp3) is 0.318. The van der Waals surface area contributed by atoms with Gasteiger partial charge in [-0.3, -0.25) is 14.7 Å². The van der Waals surface area contributed by atoms with Crippen LogP contribution in [0.5, 0.6) is 0 Å². The molecule has 144 valence electrons. The van der Waals surface area contributed by atoms with Crippen LogP contribution < -0.4 is 5.32 Å². The standard InChI is InChI=1S/C22H24N4O2/c1-3-26-13-20(21(14-26)28-2)25-22(27)16-8-6-7-15(11-16)19-12-23-17-9-4-5-10-18(17)24-19/h4-12,20-21H,3,13-14H2,1-2H3,(H,25,27). The molecular weight excluding hydrogens is 352 g/mol. The van der Waals surface area contributed by atoms with Crippen molar-refractivity contribution in [3.8, 4) is 11.3 Å². The van der Waals surface area contributed by atoms with E-state index in [1.807, 2.05) is 48.5 Å². The normalized spacial score (nSPS) is 19.8. The molecule has 0 spiro atoms. The highest BCUT2D eigenvalue weighted by atomic mass is 16.5. The van der Waals surface area contributed by atoms with Gasteiger partial charge in [0.15, 0.2) is 0 Å². The first kappa shape index (κ1) is 18.5. The predicted octanol–water partition coefficient (Wildman–Crippen LogP) is 2.75. The van der Waals surface area contributed by atoms with E-state index in [9.17, 15) is 4.79 Å². The number of ether oxygens (including phenoxy) is 1. The fourth-order valence-electron chi connectivity index (χ4n) is 3.66. The smallest absolute Gasteiger partial charge is 0.251 e. The Balaban J connectivity index is 1.55. The van der Waals surface area contributed by atoms with Gasteiger partial charge in [0, 0.05) is 31.3 Å². The molecule has 0 saturated carbocycles. The summed E-state index contributed by atoms with van der Waals surface area (Å²) in [6.07, 6.45) is 1.76. The molecule has 2 atom stereocenters. The number of nitrogens with zero attached hydrogens (tertiary/aromatic N) is 3. The number of fused-ring (bicyclic) bond motifs is 1. The highest BCUT2D eigenvalue weighted by Gasteiger charge is 2.33. The molecule has 2 aromatic carbocycles. The van der Waals surface area contributed by atoms with E-state index in [0.717, 1.165) is 41.9 Å². The zero-order valence-electron chi connectivity index (χ0n) is 16.1. The first-order valence-corrected chi connectivity index (χ1v) is 9.56. The fourth-order valence-corrected chi connectivity index (χ4v) is 3.66. The summed E-state index contributed by atoms with van der Waals surface area (Å²) in [6, 6.07) is 15.3. The van der Waals surface area contributed by atoms with Crippen molar-refractivity contribution in [2.75, 3.05) is 26.7 Å². The molecule has 1 amide bonds. The Kier molecular flexibility index (Phi) is 5.32. The number of likely N-dealkylation sites (tertiary alicyclic amines) is 1. The van der Waals surface area contributed by atoms with Crippen molar-refractivity contribution in [3.63, 3.8) is 0 Å². The Morgan fingerprint density at radius 2 is 2.00 bits per heavy atom. The average molecular weight is 376 g/mol. The molecule has 1 aromatic heterocycles. The molecule has 0 aliphatic carbocycles. The highest BCUT2D eigenvalue weighted by Crippen LogP contribution is 2.21. The van der Waals surface area contributed by atoms with Gasteiger partial charge in [0.25, 0.3) is 5.91 Å². The van der Waals surface area contributed by atoms with E-state index in [-0.39, 0.29) is 18.1 Å². The summed E-state index contributed by atoms with van der Waals surface area (Å²) in [7, 11) is 1.70. The lowest BCUT2D eigenvalue weighted by molar-refractivity contribution is 0.0762. The highest BCUT2D eigenvalue weighted by molar-refractivity contribution is 5.95. The number of carbonyl (C=O) groups is 1. The molecule has 1 saturated heterocycles. The van der Waals surface area contributed by atoms with Crippen molar-refractivity contribution in [2.45, 2.75) is 19.1 Å². The zero-order chi connectivity index (χ0) is 19.5. The molecule has 4 rings (SSSR count). The number of aromatic nitrogens is 2. The van der Waals surface area contributed by atoms with Crippen molar-refractivity contribution in [1.82, 2.24) is 20.2 Å². The molecule has 1 fully saturated rings. The molecule has 1 aliphatic rings. The molecule has 1 aliphatic heterocycles. The number of amides is 1. The number of nitrogens with one attached hydrogen (secondary N) is 1. The minimum absolute atomic E-state index is 0.0124. The van der Waals surface area contributed by atoms with Crippen LogP contribution in [0.1, 0.15) is 17.3 Å². The summed E-state index contributed by atoms with van der Waals surface area (Å²) >= 11 is 0. The zero-order valence-corrected chi connectivity index (χ0v) is 16.1. The largest absolute Gasteiger partial charge is 0.378 e. The van der Waals surface area contributed by atoms with Crippen molar-refractivity contribution in [1.29, 1.82) is 0 Å². The number of carbonyl (C=O) groups excluding carboxylic acids is 1. The van der Waals surface area contributed by atoms with Gasteiger partial charge in [0.2, 0.25) is 0 Å². The van der Waals surface area contributed by atoms with Gasteiger partial charge >= 0.3 is 0 Å². The summed E-state index contributed by atoms with van der Waals surface area (Å²) in [6.45, 7) is 4.70. The minimum atomic E-state index is -0.0967. The van der Waals surface area contributed by atoms with Crippen LogP contribution in [-0.4, -0.2) is 59.7 Å². The van der Waals surface area contributed by atoms with Gasteiger partial charge in [-0.25, -0.2) is 4.98 Å². The van der Waals surface area contributed by atoms with Gasteiger partial charge in [0.05, 0.1) is 35.1 Å². The number of likely N-dealkylation sites (N-methyl/N-ethyl adjacent to an activating group) is 1. The second-order valence-corrected chi connectivity index (χ2v) is 7.03. The molecule has 3 aromatic rings. The third-order valence-electron chi connectivity index (χ3n) is 5.28. The monoisotopic (exact) mass is 376 g/mol. The maximum Gasteiger partial charge on any atom is 0.251 e. The van der Waals surface area contributed by atoms with Crippen LogP contribution in [0.4, 0.5) is 0 Å². The first-order valence-electron chi connectivity index (χ1n) is 9.56. The third-order valence-corrected chi connectivity index (χ3v) is 5.28. The van der Waals surface area contributed by atoms with Crippen LogP contribution in [0.15, 0.2) is 54.7 Å². The molecule has 6 heteroatoms. The second kappa shape index (κ2) is 8.04. The SMILES string of the molecule is CCN1CC(NC(=O)c2cccc(-c3cnc4ccccc4n3)c2)C(OC)C1. The second-order valence-electron chi connectivity index (χ2n) is 7.03. The average Bonchev–Trinajstić information content (AvgIpc) is 3.15. The van der Waals surface area contributed by atoms with Crippen molar-refractivity contribution in [2.24, 2.45) is 0 Å². The molecule has 6 nitrogen and oxygen atoms in total. The van der Waals surface area contributed by atoms with E-state index >= 15 is 0 Å². The number of para-hydroxylation sites is 2. The lowest BCUT2D eigenvalue weighted by Gasteiger charge is -2.18. The summed E-state index contributed by atoms with van der Waals surface area (Å²) in [4.78, 5) is 24.3. The van der Waals surface area contributed by atoms with E-state index in [1.165, 1.54) is 0 Å². The van der Waals surface area contributed by atoms with Gasteiger partial charge < -0.3 is 10.1 Å².